The fraction of sp³-hybridized carbons (Fsp3) is 0.211. The number of halogens is 1. The smallest absolute Gasteiger partial charge is 0.225 e. The lowest BCUT2D eigenvalue weighted by Gasteiger charge is -2.09. The van der Waals surface area contributed by atoms with E-state index in [1.54, 1.807) is 28.9 Å². The number of amides is 1. The van der Waals surface area contributed by atoms with Gasteiger partial charge in [-0.05, 0) is 44.2 Å². The van der Waals surface area contributed by atoms with Crippen LogP contribution in [0.2, 0.25) is 5.02 Å². The Labute approximate surface area is 160 Å². The van der Waals surface area contributed by atoms with Crippen LogP contribution in [-0.4, -0.2) is 21.5 Å². The van der Waals surface area contributed by atoms with Crippen LogP contribution in [0.1, 0.15) is 33.1 Å². The molecular formula is C19H18ClN3O2S. The molecule has 0 spiro atoms. The molecule has 5 nitrogen and oxygen atoms in total. The lowest BCUT2D eigenvalue weighted by Crippen LogP contribution is -2.16. The summed E-state index contributed by atoms with van der Waals surface area (Å²) in [4.78, 5) is 26.2. The summed E-state index contributed by atoms with van der Waals surface area (Å²) in [6.07, 6.45) is 0.297. The van der Waals surface area contributed by atoms with Crippen molar-refractivity contribution in [2.75, 3.05) is 5.32 Å². The van der Waals surface area contributed by atoms with E-state index < -0.39 is 0 Å². The molecule has 1 N–H and O–H groups in total. The van der Waals surface area contributed by atoms with Gasteiger partial charge in [0.15, 0.2) is 5.78 Å². The number of rotatable bonds is 6. The van der Waals surface area contributed by atoms with Crippen LogP contribution in [0.15, 0.2) is 42.5 Å². The number of hydrogen-bond acceptors (Lipinski definition) is 4. The van der Waals surface area contributed by atoms with Crippen molar-refractivity contribution < 1.29 is 9.59 Å². The lowest BCUT2D eigenvalue weighted by molar-refractivity contribution is -0.116. The van der Waals surface area contributed by atoms with Crippen molar-refractivity contribution in [3.63, 3.8) is 0 Å². The molecule has 0 aliphatic rings. The minimum absolute atomic E-state index is 0.0159. The van der Waals surface area contributed by atoms with Crippen molar-refractivity contribution in [1.29, 1.82) is 0 Å². The summed E-state index contributed by atoms with van der Waals surface area (Å²) < 4.78 is 1.63. The lowest BCUT2D eigenvalue weighted by atomic mass is 10.2. The molecule has 0 aliphatic heterocycles. The fourth-order valence-corrected chi connectivity index (χ4v) is 3.55. The zero-order chi connectivity index (χ0) is 18.7. The van der Waals surface area contributed by atoms with E-state index in [9.17, 15) is 9.59 Å². The van der Waals surface area contributed by atoms with E-state index in [0.29, 0.717) is 15.7 Å². The zero-order valence-corrected chi connectivity index (χ0v) is 16.0. The van der Waals surface area contributed by atoms with Crippen molar-refractivity contribution in [3.8, 4) is 5.69 Å². The number of nitrogens with one attached hydrogen (secondary N) is 1. The van der Waals surface area contributed by atoms with Crippen LogP contribution >= 0.6 is 22.9 Å². The third kappa shape index (κ3) is 4.39. The number of anilines is 1. The van der Waals surface area contributed by atoms with Gasteiger partial charge in [-0.25, -0.2) is 4.68 Å². The van der Waals surface area contributed by atoms with Gasteiger partial charge >= 0.3 is 0 Å². The number of aryl methyl sites for hydroxylation is 2. The maximum absolute atomic E-state index is 12.3. The Morgan fingerprint density at radius 3 is 2.65 bits per heavy atom. The highest BCUT2D eigenvalue weighted by molar-refractivity contribution is 7.14. The summed E-state index contributed by atoms with van der Waals surface area (Å²) >= 11 is 7.49. The van der Waals surface area contributed by atoms with E-state index in [4.69, 9.17) is 11.6 Å². The molecule has 0 bridgehead atoms. The largest absolute Gasteiger partial charge is 0.311 e. The van der Waals surface area contributed by atoms with E-state index in [1.165, 1.54) is 11.3 Å². The van der Waals surface area contributed by atoms with Gasteiger partial charge in [0, 0.05) is 28.8 Å². The first kappa shape index (κ1) is 18.4. The molecule has 26 heavy (non-hydrogen) atoms. The van der Waals surface area contributed by atoms with E-state index in [1.807, 2.05) is 32.0 Å². The summed E-state index contributed by atoms with van der Waals surface area (Å²) in [7, 11) is 0. The van der Waals surface area contributed by atoms with Gasteiger partial charge in [0.2, 0.25) is 5.91 Å². The summed E-state index contributed by atoms with van der Waals surface area (Å²) in [6, 6.07) is 12.7. The average Bonchev–Trinajstić information content (AvgIpc) is 3.18. The Morgan fingerprint density at radius 1 is 1.15 bits per heavy atom. The Bertz CT molecular complexity index is 961. The van der Waals surface area contributed by atoms with Gasteiger partial charge in [0.05, 0.1) is 16.3 Å². The zero-order valence-electron chi connectivity index (χ0n) is 14.5. The SMILES string of the molecule is Cc1cc(NC(=O)CCC(=O)c2ccc(C)s2)n(-c2cccc(Cl)c2)n1. The van der Waals surface area contributed by atoms with Crippen LogP contribution in [0.3, 0.4) is 0 Å². The molecule has 0 unspecified atom stereocenters. The second-order valence-electron chi connectivity index (χ2n) is 5.94. The van der Waals surface area contributed by atoms with E-state index >= 15 is 0 Å². The molecule has 0 saturated carbocycles. The number of carbonyl (C=O) groups excluding carboxylic acids is 2. The first-order valence-electron chi connectivity index (χ1n) is 8.14. The molecule has 0 atom stereocenters. The fourth-order valence-electron chi connectivity index (χ4n) is 2.53. The predicted octanol–water partition coefficient (Wildman–Crippen LogP) is 4.81. The number of ketones is 1. The van der Waals surface area contributed by atoms with Gasteiger partial charge in [-0.1, -0.05) is 17.7 Å². The summed E-state index contributed by atoms with van der Waals surface area (Å²) in [5.41, 5.74) is 1.52. The average molecular weight is 388 g/mol. The molecule has 0 aliphatic carbocycles. The third-order valence-corrected chi connectivity index (χ3v) is 5.02. The van der Waals surface area contributed by atoms with Crippen LogP contribution in [0.5, 0.6) is 0 Å². The first-order valence-corrected chi connectivity index (χ1v) is 9.34. The van der Waals surface area contributed by atoms with Crippen LogP contribution in [0, 0.1) is 13.8 Å². The van der Waals surface area contributed by atoms with E-state index in [-0.39, 0.29) is 24.5 Å². The number of Topliss-reactive ketones (excluding diaryl/α,β-unsaturated/α-hetero) is 1. The van der Waals surface area contributed by atoms with Crippen LogP contribution < -0.4 is 5.32 Å². The number of benzene rings is 1. The highest BCUT2D eigenvalue weighted by atomic mass is 35.5. The molecular weight excluding hydrogens is 370 g/mol. The van der Waals surface area contributed by atoms with Gasteiger partial charge in [-0.2, -0.15) is 5.10 Å². The molecule has 0 fully saturated rings. The van der Waals surface area contributed by atoms with Gasteiger partial charge in [-0.3, -0.25) is 9.59 Å². The Hall–Kier alpha value is -2.44. The van der Waals surface area contributed by atoms with Crippen LogP contribution in [0.25, 0.3) is 5.69 Å². The van der Waals surface area contributed by atoms with Crippen molar-refractivity contribution in [3.05, 3.63) is 62.9 Å². The third-order valence-electron chi connectivity index (χ3n) is 3.75. The normalized spacial score (nSPS) is 10.7. The van der Waals surface area contributed by atoms with Gasteiger partial charge < -0.3 is 5.32 Å². The molecule has 2 heterocycles. The minimum atomic E-state index is -0.227. The molecule has 0 saturated heterocycles. The van der Waals surface area contributed by atoms with Crippen LogP contribution in [0.4, 0.5) is 5.82 Å². The molecule has 1 aromatic carbocycles. The Balaban J connectivity index is 1.67. The highest BCUT2D eigenvalue weighted by Gasteiger charge is 2.14. The molecule has 0 radical (unpaired) electrons. The Kier molecular flexibility index (Phi) is 5.54. The number of thiophene rings is 1. The van der Waals surface area contributed by atoms with E-state index in [0.717, 1.165) is 16.3 Å². The summed E-state index contributed by atoms with van der Waals surface area (Å²) in [5.74, 6) is 0.307. The second kappa shape index (κ2) is 7.85. The minimum Gasteiger partial charge on any atom is -0.311 e. The maximum atomic E-state index is 12.3. The number of aromatic nitrogens is 2. The number of nitrogens with zero attached hydrogens (tertiary/aromatic N) is 2. The van der Waals surface area contributed by atoms with Crippen molar-refractivity contribution in [1.82, 2.24) is 9.78 Å². The molecule has 3 rings (SSSR count). The van der Waals surface area contributed by atoms with Crippen molar-refractivity contribution >= 4 is 40.4 Å². The summed E-state index contributed by atoms with van der Waals surface area (Å²) in [5, 5.41) is 7.82. The van der Waals surface area contributed by atoms with Gasteiger partial charge in [0.25, 0.3) is 0 Å². The van der Waals surface area contributed by atoms with Crippen molar-refractivity contribution in [2.24, 2.45) is 0 Å². The van der Waals surface area contributed by atoms with Crippen molar-refractivity contribution in [2.45, 2.75) is 26.7 Å². The molecule has 7 heteroatoms. The Morgan fingerprint density at radius 2 is 1.96 bits per heavy atom. The van der Waals surface area contributed by atoms with Gasteiger partial charge in [-0.15, -0.1) is 11.3 Å². The highest BCUT2D eigenvalue weighted by Crippen LogP contribution is 2.21. The molecule has 134 valence electrons. The molecule has 1 amide bonds. The summed E-state index contributed by atoms with van der Waals surface area (Å²) in [6.45, 7) is 3.80. The topological polar surface area (TPSA) is 64.0 Å². The molecule has 3 aromatic rings. The van der Waals surface area contributed by atoms with Gasteiger partial charge in [0.1, 0.15) is 5.82 Å². The predicted molar refractivity (Wildman–Crippen MR) is 105 cm³/mol. The van der Waals surface area contributed by atoms with Crippen LogP contribution in [-0.2, 0) is 4.79 Å². The first-order chi connectivity index (χ1) is 12.4. The second-order valence-corrected chi connectivity index (χ2v) is 7.67. The molecule has 2 aromatic heterocycles. The number of carbonyl (C=O) groups is 2. The number of hydrogen-bond donors (Lipinski definition) is 1. The van der Waals surface area contributed by atoms with E-state index in [2.05, 4.69) is 10.4 Å². The standard InChI is InChI=1S/C19H18ClN3O2S/c1-12-10-18(23(22-12)15-5-3-4-14(20)11-15)21-19(25)9-7-16(24)17-8-6-13(2)26-17/h3-6,8,10-11H,7,9H2,1-2H3,(H,21,25). The monoisotopic (exact) mass is 387 g/mol. The quantitative estimate of drug-likeness (QED) is 0.617. The maximum Gasteiger partial charge on any atom is 0.225 e.